The molecule has 1 aromatic carbocycles. The zero-order valence-electron chi connectivity index (χ0n) is 10.8. The molecule has 0 bridgehead atoms. The maximum atomic E-state index is 11.8. The number of nitrogens with one attached hydrogen (secondary N) is 2. The summed E-state index contributed by atoms with van der Waals surface area (Å²) in [6.07, 6.45) is 0. The van der Waals surface area contributed by atoms with Crippen molar-refractivity contribution in [2.24, 2.45) is 0 Å². The lowest BCUT2D eigenvalue weighted by molar-refractivity contribution is -0.114. The van der Waals surface area contributed by atoms with Gasteiger partial charge in [0.15, 0.2) is 5.13 Å². The van der Waals surface area contributed by atoms with E-state index in [-0.39, 0.29) is 11.8 Å². The number of hydrogen-bond donors (Lipinski definition) is 2. The average Bonchev–Trinajstić information content (AvgIpc) is 2.84. The van der Waals surface area contributed by atoms with Crippen molar-refractivity contribution >= 4 is 45.9 Å². The summed E-state index contributed by atoms with van der Waals surface area (Å²) < 4.78 is 0. The number of rotatable bonds is 5. The maximum absolute atomic E-state index is 11.8. The van der Waals surface area contributed by atoms with Crippen molar-refractivity contribution in [1.29, 1.82) is 0 Å². The van der Waals surface area contributed by atoms with Gasteiger partial charge in [-0.25, -0.2) is 4.98 Å². The third-order valence-electron chi connectivity index (χ3n) is 2.17. The fourth-order valence-electron chi connectivity index (χ4n) is 1.39. The van der Waals surface area contributed by atoms with Crippen LogP contribution in [0.1, 0.15) is 6.92 Å². The summed E-state index contributed by atoms with van der Waals surface area (Å²) in [6, 6.07) is 9.71. The highest BCUT2D eigenvalue weighted by Crippen LogP contribution is 2.21. The van der Waals surface area contributed by atoms with E-state index in [1.54, 1.807) is 5.38 Å². The van der Waals surface area contributed by atoms with E-state index in [0.29, 0.717) is 16.7 Å². The molecule has 0 radical (unpaired) electrons. The molecule has 5 nitrogen and oxygen atoms in total. The van der Waals surface area contributed by atoms with Crippen LogP contribution >= 0.6 is 23.1 Å². The van der Waals surface area contributed by atoms with Gasteiger partial charge in [-0.1, -0.05) is 18.2 Å². The first-order chi connectivity index (χ1) is 9.63. The highest BCUT2D eigenvalue weighted by Gasteiger charge is 2.07. The van der Waals surface area contributed by atoms with Gasteiger partial charge in [-0.2, -0.15) is 0 Å². The maximum Gasteiger partial charge on any atom is 0.236 e. The number of anilines is 2. The molecule has 7 heteroatoms. The number of thioether (sulfide) groups is 1. The minimum absolute atomic E-state index is 0.123. The normalized spacial score (nSPS) is 10.1. The van der Waals surface area contributed by atoms with Crippen molar-refractivity contribution < 1.29 is 9.59 Å². The Labute approximate surface area is 124 Å². The number of hydrogen-bond acceptors (Lipinski definition) is 5. The molecule has 1 aromatic heterocycles. The summed E-state index contributed by atoms with van der Waals surface area (Å²) in [5, 5.41) is 7.42. The number of benzene rings is 1. The van der Waals surface area contributed by atoms with E-state index < -0.39 is 0 Å². The molecule has 2 rings (SSSR count). The first-order valence-electron chi connectivity index (χ1n) is 5.84. The molecule has 104 valence electrons. The monoisotopic (exact) mass is 307 g/mol. The highest BCUT2D eigenvalue weighted by atomic mass is 32.2. The molecule has 0 aliphatic heterocycles. The lowest BCUT2D eigenvalue weighted by atomic mass is 10.4. The van der Waals surface area contributed by atoms with Crippen LogP contribution in [0.3, 0.4) is 0 Å². The van der Waals surface area contributed by atoms with Gasteiger partial charge in [0.25, 0.3) is 0 Å². The molecule has 0 spiro atoms. The van der Waals surface area contributed by atoms with E-state index in [4.69, 9.17) is 0 Å². The molecule has 2 amide bonds. The molecule has 0 saturated heterocycles. The molecule has 1 heterocycles. The second-order valence-corrected chi connectivity index (χ2v) is 5.78. The van der Waals surface area contributed by atoms with Gasteiger partial charge in [-0.05, 0) is 12.1 Å². The Balaban J connectivity index is 1.82. The largest absolute Gasteiger partial charge is 0.310 e. The van der Waals surface area contributed by atoms with Crippen molar-refractivity contribution in [3.63, 3.8) is 0 Å². The lowest BCUT2D eigenvalue weighted by Gasteiger charge is -2.01. The Hall–Kier alpha value is -1.86. The zero-order valence-corrected chi connectivity index (χ0v) is 12.4. The van der Waals surface area contributed by atoms with Crippen LogP contribution in [-0.4, -0.2) is 22.6 Å². The topological polar surface area (TPSA) is 71.1 Å². The first kappa shape index (κ1) is 14.5. The predicted molar refractivity (Wildman–Crippen MR) is 82.2 cm³/mol. The molecule has 2 N–H and O–H groups in total. The Bertz CT molecular complexity index is 599. The second kappa shape index (κ2) is 7.06. The molecule has 0 unspecified atom stereocenters. The van der Waals surface area contributed by atoms with Gasteiger partial charge in [0, 0.05) is 17.2 Å². The Kier molecular flexibility index (Phi) is 5.14. The summed E-state index contributed by atoms with van der Waals surface area (Å²) in [5.74, 6) is 0.461. The smallest absolute Gasteiger partial charge is 0.236 e. The number of carbonyl (C=O) groups excluding carboxylic acids is 2. The molecule has 2 aromatic rings. The number of thiazole rings is 1. The second-order valence-electron chi connectivity index (χ2n) is 3.87. The lowest BCUT2D eigenvalue weighted by Crippen LogP contribution is -2.14. The Morgan fingerprint density at radius 2 is 2.00 bits per heavy atom. The molecule has 0 saturated carbocycles. The minimum Gasteiger partial charge on any atom is -0.310 e. The van der Waals surface area contributed by atoms with E-state index >= 15 is 0 Å². The summed E-state index contributed by atoms with van der Waals surface area (Å²) >= 11 is 2.73. The quantitative estimate of drug-likeness (QED) is 0.833. The van der Waals surface area contributed by atoms with Crippen LogP contribution in [0.4, 0.5) is 10.9 Å². The van der Waals surface area contributed by atoms with E-state index in [2.05, 4.69) is 15.6 Å². The van der Waals surface area contributed by atoms with Crippen molar-refractivity contribution in [3.8, 4) is 0 Å². The van der Waals surface area contributed by atoms with Gasteiger partial charge in [-0.15, -0.1) is 23.1 Å². The summed E-state index contributed by atoms with van der Waals surface area (Å²) in [7, 11) is 0. The van der Waals surface area contributed by atoms with Crippen molar-refractivity contribution in [2.75, 3.05) is 16.4 Å². The van der Waals surface area contributed by atoms with Crippen LogP contribution < -0.4 is 10.6 Å². The van der Waals surface area contributed by atoms with Gasteiger partial charge in [0.1, 0.15) is 5.82 Å². The molecule has 0 fully saturated rings. The standard InChI is InChI=1S/C13H13N3O2S2/c1-9(17)14-11-7-20-13(15-11)16-12(18)8-19-10-5-3-2-4-6-10/h2-7H,8H2,1H3,(H,14,17)(H,15,16,18). The fraction of sp³-hybridized carbons (Fsp3) is 0.154. The Morgan fingerprint density at radius 1 is 1.25 bits per heavy atom. The van der Waals surface area contributed by atoms with E-state index in [0.717, 1.165) is 4.90 Å². The van der Waals surface area contributed by atoms with Gasteiger partial charge < -0.3 is 10.6 Å². The average molecular weight is 307 g/mol. The van der Waals surface area contributed by atoms with Gasteiger partial charge in [0.2, 0.25) is 11.8 Å². The number of amides is 2. The van der Waals surface area contributed by atoms with Crippen molar-refractivity contribution in [2.45, 2.75) is 11.8 Å². The van der Waals surface area contributed by atoms with Crippen LogP contribution in [0.15, 0.2) is 40.6 Å². The fourth-order valence-corrected chi connectivity index (χ4v) is 2.77. The van der Waals surface area contributed by atoms with Crippen LogP contribution in [0.5, 0.6) is 0 Å². The van der Waals surface area contributed by atoms with Crippen LogP contribution in [0, 0.1) is 0 Å². The Morgan fingerprint density at radius 3 is 2.70 bits per heavy atom. The number of aromatic nitrogens is 1. The molecule has 0 aliphatic rings. The molecular formula is C13H13N3O2S2. The number of carbonyl (C=O) groups is 2. The molecule has 0 aliphatic carbocycles. The van der Waals surface area contributed by atoms with Gasteiger partial charge >= 0.3 is 0 Å². The zero-order chi connectivity index (χ0) is 14.4. The van der Waals surface area contributed by atoms with Crippen LogP contribution in [-0.2, 0) is 9.59 Å². The van der Waals surface area contributed by atoms with Crippen molar-refractivity contribution in [1.82, 2.24) is 4.98 Å². The summed E-state index contributed by atoms with van der Waals surface area (Å²) in [5.41, 5.74) is 0. The van der Waals surface area contributed by atoms with E-state index in [1.165, 1.54) is 30.0 Å². The van der Waals surface area contributed by atoms with E-state index in [9.17, 15) is 9.59 Å². The predicted octanol–water partition coefficient (Wildman–Crippen LogP) is 2.83. The molecule has 20 heavy (non-hydrogen) atoms. The minimum atomic E-state index is -0.187. The van der Waals surface area contributed by atoms with Crippen molar-refractivity contribution in [3.05, 3.63) is 35.7 Å². The van der Waals surface area contributed by atoms with Gasteiger partial charge in [0.05, 0.1) is 5.75 Å². The number of nitrogens with zero attached hydrogens (tertiary/aromatic N) is 1. The summed E-state index contributed by atoms with van der Waals surface area (Å²) in [4.78, 5) is 27.8. The van der Waals surface area contributed by atoms with Gasteiger partial charge in [-0.3, -0.25) is 9.59 Å². The van der Waals surface area contributed by atoms with Crippen LogP contribution in [0.25, 0.3) is 0 Å². The third kappa shape index (κ3) is 4.67. The molecular weight excluding hydrogens is 294 g/mol. The third-order valence-corrected chi connectivity index (χ3v) is 3.94. The van der Waals surface area contributed by atoms with Crippen LogP contribution in [0.2, 0.25) is 0 Å². The SMILES string of the molecule is CC(=O)Nc1csc(NC(=O)CSc2ccccc2)n1. The summed E-state index contributed by atoms with van der Waals surface area (Å²) in [6.45, 7) is 1.41. The highest BCUT2D eigenvalue weighted by molar-refractivity contribution is 8.00. The first-order valence-corrected chi connectivity index (χ1v) is 7.71. The van der Waals surface area contributed by atoms with E-state index in [1.807, 2.05) is 30.3 Å². The molecule has 0 atom stereocenters.